The van der Waals surface area contributed by atoms with Crippen LogP contribution < -0.4 is 5.32 Å². The third-order valence-corrected chi connectivity index (χ3v) is 7.37. The molecule has 1 aliphatic rings. The standard InChI is InChI=1S/C12H15N3O2S3.ClH/c1-9-14-10(8-18-9)11-2-3-12(19-11)20(16,17)15-6-4-13-5-7-15;/h2-3,8,13H,4-7H2,1H3;1H. The van der Waals surface area contributed by atoms with E-state index < -0.39 is 10.0 Å². The highest BCUT2D eigenvalue weighted by Gasteiger charge is 2.27. The number of thiazole rings is 1. The van der Waals surface area contributed by atoms with Gasteiger partial charge in [0.05, 0.1) is 15.6 Å². The van der Waals surface area contributed by atoms with Crippen molar-refractivity contribution in [2.45, 2.75) is 11.1 Å². The number of hydrogen-bond acceptors (Lipinski definition) is 6. The molecule has 0 spiro atoms. The van der Waals surface area contributed by atoms with E-state index in [-0.39, 0.29) is 12.4 Å². The fourth-order valence-electron chi connectivity index (χ4n) is 2.08. The molecule has 2 aromatic rings. The average Bonchev–Trinajstić information content (AvgIpc) is 3.08. The number of piperazine rings is 1. The summed E-state index contributed by atoms with van der Waals surface area (Å²) in [6.07, 6.45) is 0. The smallest absolute Gasteiger partial charge is 0.252 e. The lowest BCUT2D eigenvalue weighted by Crippen LogP contribution is -2.46. The van der Waals surface area contributed by atoms with Gasteiger partial charge in [-0.15, -0.1) is 35.1 Å². The fraction of sp³-hybridized carbons (Fsp3) is 0.417. The van der Waals surface area contributed by atoms with Crippen LogP contribution in [-0.2, 0) is 10.0 Å². The van der Waals surface area contributed by atoms with Gasteiger partial charge in [0.2, 0.25) is 0 Å². The Morgan fingerprint density at radius 1 is 1.29 bits per heavy atom. The zero-order valence-electron chi connectivity index (χ0n) is 11.4. The van der Waals surface area contributed by atoms with Gasteiger partial charge in [-0.1, -0.05) is 0 Å². The lowest BCUT2D eigenvalue weighted by Gasteiger charge is -2.25. The number of thiophene rings is 1. The molecule has 1 N–H and O–H groups in total. The summed E-state index contributed by atoms with van der Waals surface area (Å²) in [7, 11) is -3.35. The van der Waals surface area contributed by atoms with E-state index in [4.69, 9.17) is 0 Å². The Balaban J connectivity index is 0.00000161. The second-order valence-electron chi connectivity index (χ2n) is 4.52. The first-order valence-electron chi connectivity index (χ1n) is 6.30. The van der Waals surface area contributed by atoms with Crippen molar-refractivity contribution in [3.63, 3.8) is 0 Å². The lowest BCUT2D eigenvalue weighted by atomic mass is 10.4. The van der Waals surface area contributed by atoms with Crippen LogP contribution in [0.25, 0.3) is 10.6 Å². The number of aryl methyl sites for hydroxylation is 1. The van der Waals surface area contributed by atoms with Crippen LogP contribution in [0.5, 0.6) is 0 Å². The minimum atomic E-state index is -3.35. The number of halogens is 1. The topological polar surface area (TPSA) is 62.3 Å². The third kappa shape index (κ3) is 3.46. The summed E-state index contributed by atoms with van der Waals surface area (Å²) in [5, 5.41) is 6.11. The van der Waals surface area contributed by atoms with Crippen molar-refractivity contribution < 1.29 is 8.42 Å². The molecular formula is C12H16ClN3O2S3. The van der Waals surface area contributed by atoms with Crippen LogP contribution >= 0.6 is 35.1 Å². The second kappa shape index (κ2) is 6.72. The molecule has 1 aliphatic heterocycles. The number of aromatic nitrogens is 1. The van der Waals surface area contributed by atoms with E-state index in [1.807, 2.05) is 18.4 Å². The van der Waals surface area contributed by atoms with Crippen molar-refractivity contribution in [3.05, 3.63) is 22.5 Å². The Hall–Kier alpha value is -0.510. The number of rotatable bonds is 3. The van der Waals surface area contributed by atoms with Gasteiger partial charge in [0, 0.05) is 31.6 Å². The molecule has 0 atom stereocenters. The van der Waals surface area contributed by atoms with Gasteiger partial charge in [-0.3, -0.25) is 0 Å². The lowest BCUT2D eigenvalue weighted by molar-refractivity contribution is 0.361. The molecule has 0 aromatic carbocycles. The number of hydrogen-bond donors (Lipinski definition) is 1. The normalized spacial score (nSPS) is 16.6. The fourth-order valence-corrected chi connectivity index (χ4v) is 5.64. The Labute approximate surface area is 138 Å². The van der Waals surface area contributed by atoms with E-state index >= 15 is 0 Å². The molecule has 1 fully saturated rings. The summed E-state index contributed by atoms with van der Waals surface area (Å²) < 4.78 is 27.0. The molecule has 3 heterocycles. The Bertz CT molecular complexity index is 705. The monoisotopic (exact) mass is 365 g/mol. The molecular weight excluding hydrogens is 350 g/mol. The molecule has 2 aromatic heterocycles. The maximum Gasteiger partial charge on any atom is 0.252 e. The zero-order chi connectivity index (χ0) is 14.2. The first-order valence-corrected chi connectivity index (χ1v) is 9.44. The van der Waals surface area contributed by atoms with Crippen LogP contribution in [0, 0.1) is 6.92 Å². The summed E-state index contributed by atoms with van der Waals surface area (Å²) in [6.45, 7) is 4.43. The maximum absolute atomic E-state index is 12.5. The summed E-state index contributed by atoms with van der Waals surface area (Å²) in [5.41, 5.74) is 0.860. The molecule has 0 bridgehead atoms. The van der Waals surface area contributed by atoms with Gasteiger partial charge in [0.25, 0.3) is 10.0 Å². The van der Waals surface area contributed by atoms with E-state index in [2.05, 4.69) is 10.3 Å². The van der Waals surface area contributed by atoms with Crippen molar-refractivity contribution in [1.29, 1.82) is 0 Å². The van der Waals surface area contributed by atoms with Crippen LogP contribution in [0.1, 0.15) is 5.01 Å². The SMILES string of the molecule is Cc1nc(-c2ccc(S(=O)(=O)N3CCNCC3)s2)cs1.Cl. The highest BCUT2D eigenvalue weighted by molar-refractivity contribution is 7.91. The minimum absolute atomic E-state index is 0. The molecule has 0 unspecified atom stereocenters. The highest BCUT2D eigenvalue weighted by Crippen LogP contribution is 2.32. The average molecular weight is 366 g/mol. The van der Waals surface area contributed by atoms with Crippen LogP contribution in [0.15, 0.2) is 21.7 Å². The van der Waals surface area contributed by atoms with Crippen molar-refractivity contribution in [1.82, 2.24) is 14.6 Å². The zero-order valence-corrected chi connectivity index (χ0v) is 14.7. The molecule has 1 saturated heterocycles. The van der Waals surface area contributed by atoms with Crippen molar-refractivity contribution in [2.75, 3.05) is 26.2 Å². The molecule has 116 valence electrons. The van der Waals surface area contributed by atoms with Gasteiger partial charge in [0.1, 0.15) is 4.21 Å². The summed E-state index contributed by atoms with van der Waals surface area (Å²) in [5.74, 6) is 0. The second-order valence-corrected chi connectivity index (χ2v) is 8.84. The van der Waals surface area contributed by atoms with Crippen molar-refractivity contribution in [2.24, 2.45) is 0 Å². The van der Waals surface area contributed by atoms with Crippen LogP contribution in [0.3, 0.4) is 0 Å². The molecule has 3 rings (SSSR count). The van der Waals surface area contributed by atoms with Crippen LogP contribution in [0.2, 0.25) is 0 Å². The quantitative estimate of drug-likeness (QED) is 0.905. The van der Waals surface area contributed by atoms with Gasteiger partial charge < -0.3 is 5.32 Å². The molecule has 5 nitrogen and oxygen atoms in total. The van der Waals surface area contributed by atoms with Crippen molar-refractivity contribution >= 4 is 45.1 Å². The number of nitrogens with zero attached hydrogens (tertiary/aromatic N) is 2. The van der Waals surface area contributed by atoms with E-state index in [0.29, 0.717) is 30.4 Å². The maximum atomic E-state index is 12.5. The summed E-state index contributed by atoms with van der Waals surface area (Å²) >= 11 is 2.87. The predicted molar refractivity (Wildman–Crippen MR) is 89.0 cm³/mol. The predicted octanol–water partition coefficient (Wildman–Crippen LogP) is 2.20. The van der Waals surface area contributed by atoms with Crippen LogP contribution in [-0.4, -0.2) is 43.9 Å². The molecule has 0 radical (unpaired) electrons. The van der Waals surface area contributed by atoms with E-state index in [9.17, 15) is 8.42 Å². The number of sulfonamides is 1. The Morgan fingerprint density at radius 3 is 2.62 bits per heavy atom. The molecule has 9 heteroatoms. The van der Waals surface area contributed by atoms with E-state index in [1.54, 1.807) is 21.7 Å². The minimum Gasteiger partial charge on any atom is -0.314 e. The molecule has 0 aliphatic carbocycles. The first-order chi connectivity index (χ1) is 9.57. The van der Waals surface area contributed by atoms with Gasteiger partial charge in [-0.2, -0.15) is 4.31 Å². The number of nitrogens with one attached hydrogen (secondary N) is 1. The largest absolute Gasteiger partial charge is 0.314 e. The third-order valence-electron chi connectivity index (χ3n) is 3.12. The Morgan fingerprint density at radius 2 is 2.00 bits per heavy atom. The van der Waals surface area contributed by atoms with Crippen LogP contribution in [0.4, 0.5) is 0 Å². The molecule has 0 amide bonds. The molecule has 21 heavy (non-hydrogen) atoms. The summed E-state index contributed by atoms with van der Waals surface area (Å²) in [4.78, 5) is 5.30. The highest BCUT2D eigenvalue weighted by atomic mass is 35.5. The van der Waals surface area contributed by atoms with Gasteiger partial charge in [-0.05, 0) is 19.1 Å². The molecule has 0 saturated carbocycles. The van der Waals surface area contributed by atoms with Gasteiger partial charge in [-0.25, -0.2) is 13.4 Å². The van der Waals surface area contributed by atoms with E-state index in [1.165, 1.54) is 11.3 Å². The Kier molecular flexibility index (Phi) is 5.39. The van der Waals surface area contributed by atoms with Crippen molar-refractivity contribution in [3.8, 4) is 10.6 Å². The first kappa shape index (κ1) is 16.9. The van der Waals surface area contributed by atoms with Gasteiger partial charge in [0.15, 0.2) is 0 Å². The van der Waals surface area contributed by atoms with E-state index in [0.717, 1.165) is 15.6 Å². The summed E-state index contributed by atoms with van der Waals surface area (Å²) in [6, 6.07) is 3.53. The van der Waals surface area contributed by atoms with Gasteiger partial charge >= 0.3 is 0 Å².